The molecule has 0 aromatic carbocycles. The molecule has 2 aliphatic rings. The fraction of sp³-hybridized carbons (Fsp3) is 1.00. The fourth-order valence-electron chi connectivity index (χ4n) is 2.85. The zero-order valence-electron chi connectivity index (χ0n) is 10.2. The van der Waals surface area contributed by atoms with E-state index in [0.29, 0.717) is 0 Å². The van der Waals surface area contributed by atoms with Gasteiger partial charge in [0.1, 0.15) is 0 Å². The maximum absolute atomic E-state index is 2.77. The van der Waals surface area contributed by atoms with Gasteiger partial charge in [-0.05, 0) is 0 Å². The number of alkyl halides is 2. The molecule has 0 aromatic heterocycles. The number of piperazine rings is 1. The summed E-state index contributed by atoms with van der Waals surface area (Å²) in [4.78, 5) is 7.72. The van der Waals surface area contributed by atoms with E-state index in [1.54, 1.807) is 0 Å². The van der Waals surface area contributed by atoms with Gasteiger partial charge in [-0.2, -0.15) is 0 Å². The molecule has 0 spiro atoms. The molecule has 0 bridgehead atoms. The Labute approximate surface area is 102 Å². The first-order chi connectivity index (χ1) is 7.27. The van der Waals surface area contributed by atoms with Crippen LogP contribution in [0.5, 0.6) is 0 Å². The molecule has 0 amide bonds. The van der Waals surface area contributed by atoms with Crippen molar-refractivity contribution in [2.75, 3.05) is 36.0 Å². The average Bonchev–Trinajstić information content (AvgIpc) is 2.30. The molecular formula is C12H25IN2. The van der Waals surface area contributed by atoms with E-state index >= 15 is 0 Å². The molecule has 1 aliphatic heterocycles. The van der Waals surface area contributed by atoms with Crippen LogP contribution in [-0.2, 0) is 0 Å². The summed E-state index contributed by atoms with van der Waals surface area (Å²) in [6.07, 6.45) is 7.38. The molecule has 2 rings (SSSR count). The van der Waals surface area contributed by atoms with Crippen LogP contribution in [0, 0.1) is 0 Å². The van der Waals surface area contributed by atoms with Crippen LogP contribution in [0.3, 0.4) is 0 Å². The van der Waals surface area contributed by atoms with Crippen molar-refractivity contribution in [3.8, 4) is 0 Å². The average molecular weight is 324 g/mol. The van der Waals surface area contributed by atoms with Crippen molar-refractivity contribution >= 4 is 20.1 Å². The Balaban J connectivity index is 1.77. The number of nitrogens with zero attached hydrogens (tertiary/aromatic N) is 2. The van der Waals surface area contributed by atoms with E-state index in [1.165, 1.54) is 58.3 Å². The van der Waals surface area contributed by atoms with E-state index in [1.807, 2.05) is 0 Å². The third-order valence-electron chi connectivity index (χ3n) is 3.83. The Morgan fingerprint density at radius 2 is 1.47 bits per heavy atom. The molecule has 2 fully saturated rings. The molecule has 0 unspecified atom stereocenters. The summed E-state index contributed by atoms with van der Waals surface area (Å²) in [6.45, 7) is 5.41. The van der Waals surface area contributed by atoms with Gasteiger partial charge in [0.15, 0.2) is 0 Å². The summed E-state index contributed by atoms with van der Waals surface area (Å²) < 4.78 is 2.77. The molecule has 0 aromatic rings. The third kappa shape index (κ3) is 3.30. The second-order valence-corrected chi connectivity index (χ2v) is 10.4. The first-order valence-corrected chi connectivity index (χ1v) is 11.5. The molecule has 3 heteroatoms. The minimum absolute atomic E-state index is 0.675. The normalized spacial score (nSPS) is 28.0. The summed E-state index contributed by atoms with van der Waals surface area (Å²) in [5.74, 6) is 0. The predicted molar refractivity (Wildman–Crippen MR) is 75.9 cm³/mol. The zero-order valence-corrected chi connectivity index (χ0v) is 12.4. The molecule has 90 valence electrons. The number of halogens is 1. The molecule has 15 heavy (non-hydrogen) atoms. The van der Waals surface area contributed by atoms with Crippen molar-refractivity contribution in [3.63, 3.8) is 0 Å². The molecule has 2 nitrogen and oxygen atoms in total. The van der Waals surface area contributed by atoms with Crippen molar-refractivity contribution in [2.24, 2.45) is 0 Å². The van der Waals surface area contributed by atoms with Crippen LogP contribution in [0.25, 0.3) is 0 Å². The van der Waals surface area contributed by atoms with Crippen molar-refractivity contribution in [2.45, 2.75) is 38.1 Å². The van der Waals surface area contributed by atoms with Crippen molar-refractivity contribution < 1.29 is 0 Å². The van der Waals surface area contributed by atoms with Gasteiger partial charge < -0.3 is 0 Å². The van der Waals surface area contributed by atoms with Crippen LogP contribution in [0.1, 0.15) is 32.1 Å². The van der Waals surface area contributed by atoms with Crippen LogP contribution < -0.4 is 0 Å². The van der Waals surface area contributed by atoms with Gasteiger partial charge in [0, 0.05) is 0 Å². The van der Waals surface area contributed by atoms with Gasteiger partial charge in [-0.1, -0.05) is 0 Å². The summed E-state index contributed by atoms with van der Waals surface area (Å²) in [6, 6.07) is 0.942. The molecule has 0 atom stereocenters. The van der Waals surface area contributed by atoms with Gasteiger partial charge in [-0.3, -0.25) is 0 Å². The van der Waals surface area contributed by atoms with E-state index in [-0.39, 0.29) is 0 Å². The maximum atomic E-state index is 2.77. The molecule has 0 radical (unpaired) electrons. The second-order valence-electron chi connectivity index (χ2n) is 4.95. The fourth-order valence-corrected chi connectivity index (χ4v) is 5.21. The first kappa shape index (κ1) is 12.1. The van der Waals surface area contributed by atoms with E-state index < -0.39 is 20.1 Å². The topological polar surface area (TPSA) is 6.48 Å². The van der Waals surface area contributed by atoms with Crippen LogP contribution in [0.2, 0.25) is 0 Å². The Bertz CT molecular complexity index is 182. The molecule has 1 saturated carbocycles. The van der Waals surface area contributed by atoms with Gasteiger partial charge in [-0.25, -0.2) is 0 Å². The molecular weight excluding hydrogens is 299 g/mol. The Morgan fingerprint density at radius 3 is 2.00 bits per heavy atom. The Kier molecular flexibility index (Phi) is 4.70. The van der Waals surface area contributed by atoms with E-state index in [4.69, 9.17) is 0 Å². The number of hydrogen-bond donors (Lipinski definition) is 0. The quantitative estimate of drug-likeness (QED) is 0.438. The van der Waals surface area contributed by atoms with Gasteiger partial charge in [0.05, 0.1) is 0 Å². The summed E-state index contributed by atoms with van der Waals surface area (Å²) in [5, 5.41) is 0. The minimum atomic E-state index is -0.675. The van der Waals surface area contributed by atoms with Crippen LogP contribution in [0.4, 0.5) is 0 Å². The van der Waals surface area contributed by atoms with Crippen molar-refractivity contribution in [1.82, 2.24) is 8.01 Å². The summed E-state index contributed by atoms with van der Waals surface area (Å²) in [7, 11) is 0. The summed E-state index contributed by atoms with van der Waals surface area (Å²) in [5.41, 5.74) is 0. The molecule has 1 heterocycles. The van der Waals surface area contributed by atoms with Gasteiger partial charge in [0.25, 0.3) is 0 Å². The van der Waals surface area contributed by atoms with Gasteiger partial charge >= 0.3 is 102 Å². The number of hydrogen-bond acceptors (Lipinski definition) is 2. The molecule has 1 saturated heterocycles. The summed E-state index contributed by atoms with van der Waals surface area (Å²) >= 11 is -0.675. The molecule has 1 aliphatic carbocycles. The number of rotatable bonds is 2. The van der Waals surface area contributed by atoms with E-state index in [2.05, 4.69) is 17.9 Å². The van der Waals surface area contributed by atoms with Crippen molar-refractivity contribution in [1.29, 1.82) is 0 Å². The van der Waals surface area contributed by atoms with Crippen molar-refractivity contribution in [3.05, 3.63) is 0 Å². The van der Waals surface area contributed by atoms with Gasteiger partial charge in [0.2, 0.25) is 0 Å². The Hall–Kier alpha value is 0.650. The van der Waals surface area contributed by atoms with E-state index in [9.17, 15) is 0 Å². The second kappa shape index (κ2) is 5.82. The predicted octanol–water partition coefficient (Wildman–Crippen LogP) is 2.62. The third-order valence-corrected chi connectivity index (χ3v) is 7.52. The van der Waals surface area contributed by atoms with E-state index in [0.717, 1.165) is 6.04 Å². The van der Waals surface area contributed by atoms with Crippen LogP contribution in [0.15, 0.2) is 0 Å². The monoisotopic (exact) mass is 324 g/mol. The standard InChI is InChI=1S/C12H25IN2/c1-13(2)15-10-8-14(9-11-15)12-6-4-3-5-7-12/h12H,3-11H2,1-2H3. The Morgan fingerprint density at radius 1 is 0.867 bits per heavy atom. The van der Waals surface area contributed by atoms with Crippen LogP contribution >= 0.6 is 20.1 Å². The first-order valence-electron chi connectivity index (χ1n) is 6.26. The van der Waals surface area contributed by atoms with Crippen LogP contribution in [-0.4, -0.2) is 50.1 Å². The zero-order chi connectivity index (χ0) is 10.7. The van der Waals surface area contributed by atoms with Gasteiger partial charge in [-0.15, -0.1) is 0 Å². The molecule has 0 N–H and O–H groups in total. The SMILES string of the molecule is CI(C)N1CCN(C2CCCCC2)CC1.